The fourth-order valence-corrected chi connectivity index (χ4v) is 4.47. The average Bonchev–Trinajstić information content (AvgIpc) is 3.20. The zero-order chi connectivity index (χ0) is 18.4. The summed E-state index contributed by atoms with van der Waals surface area (Å²) >= 11 is 1.63. The van der Waals surface area contributed by atoms with E-state index in [4.69, 9.17) is 4.98 Å². The van der Waals surface area contributed by atoms with E-state index in [-0.39, 0.29) is 5.69 Å². The SMILES string of the molecule is C=C(C)Cn1c(=O)n2nc(-c3cccnc3)nc2c2c(CC)c(C)sc21. The molecule has 0 aliphatic rings. The highest BCUT2D eigenvalue weighted by atomic mass is 32.1. The second-order valence-corrected chi connectivity index (χ2v) is 7.61. The zero-order valence-electron chi connectivity index (χ0n) is 15.0. The Hall–Kier alpha value is -2.80. The first-order chi connectivity index (χ1) is 12.5. The fourth-order valence-electron chi connectivity index (χ4n) is 3.24. The number of fused-ring (bicyclic) bond motifs is 3. The van der Waals surface area contributed by atoms with E-state index in [0.29, 0.717) is 18.0 Å². The molecule has 0 aliphatic heterocycles. The highest BCUT2D eigenvalue weighted by Crippen LogP contribution is 2.33. The van der Waals surface area contributed by atoms with Crippen molar-refractivity contribution in [3.05, 3.63) is 57.6 Å². The molecule has 0 saturated carbocycles. The highest BCUT2D eigenvalue weighted by molar-refractivity contribution is 7.19. The molecule has 4 heterocycles. The number of hydrogen-bond acceptors (Lipinski definition) is 5. The van der Waals surface area contributed by atoms with Gasteiger partial charge >= 0.3 is 5.69 Å². The van der Waals surface area contributed by atoms with Crippen molar-refractivity contribution in [3.63, 3.8) is 0 Å². The first-order valence-corrected chi connectivity index (χ1v) is 9.29. The Morgan fingerprint density at radius 2 is 2.19 bits per heavy atom. The van der Waals surface area contributed by atoms with Crippen LogP contribution in [-0.2, 0) is 13.0 Å². The molecular weight excluding hydrogens is 346 g/mol. The van der Waals surface area contributed by atoms with Crippen LogP contribution < -0.4 is 5.69 Å². The maximum Gasteiger partial charge on any atom is 0.352 e. The predicted molar refractivity (Wildman–Crippen MR) is 105 cm³/mol. The smallest absolute Gasteiger partial charge is 0.279 e. The van der Waals surface area contributed by atoms with Crippen LogP contribution in [0.15, 0.2) is 41.5 Å². The summed E-state index contributed by atoms with van der Waals surface area (Å²) in [6.45, 7) is 10.6. The molecule has 0 aromatic carbocycles. The Morgan fingerprint density at radius 1 is 1.38 bits per heavy atom. The first-order valence-electron chi connectivity index (χ1n) is 8.47. The first kappa shape index (κ1) is 16.7. The molecule has 0 atom stereocenters. The molecule has 4 aromatic rings. The lowest BCUT2D eigenvalue weighted by Gasteiger charge is -2.08. The molecule has 0 spiro atoms. The zero-order valence-corrected chi connectivity index (χ0v) is 15.8. The van der Waals surface area contributed by atoms with E-state index >= 15 is 0 Å². The molecule has 0 radical (unpaired) electrons. The number of pyridine rings is 1. The molecular formula is C19H19N5OS. The lowest BCUT2D eigenvalue weighted by Crippen LogP contribution is -2.27. The molecule has 132 valence electrons. The second-order valence-electron chi connectivity index (χ2n) is 6.41. The van der Waals surface area contributed by atoms with Crippen LogP contribution in [0.1, 0.15) is 24.3 Å². The number of hydrogen-bond donors (Lipinski definition) is 0. The number of thiophene rings is 1. The van der Waals surface area contributed by atoms with E-state index in [1.54, 1.807) is 28.3 Å². The van der Waals surface area contributed by atoms with Crippen molar-refractivity contribution in [2.45, 2.75) is 33.7 Å². The van der Waals surface area contributed by atoms with Crippen molar-refractivity contribution in [2.24, 2.45) is 0 Å². The Bertz CT molecular complexity index is 1200. The van der Waals surface area contributed by atoms with Crippen LogP contribution in [0.5, 0.6) is 0 Å². The van der Waals surface area contributed by atoms with Gasteiger partial charge in [0.2, 0.25) is 0 Å². The van der Waals surface area contributed by atoms with Gasteiger partial charge in [-0.25, -0.2) is 9.78 Å². The van der Waals surface area contributed by atoms with Gasteiger partial charge < -0.3 is 0 Å². The molecule has 0 saturated heterocycles. The largest absolute Gasteiger partial charge is 0.352 e. The lowest BCUT2D eigenvalue weighted by atomic mass is 10.1. The van der Waals surface area contributed by atoms with Crippen LogP contribution in [0.25, 0.3) is 27.3 Å². The second kappa shape index (κ2) is 6.17. The molecule has 26 heavy (non-hydrogen) atoms. The minimum atomic E-state index is -0.193. The quantitative estimate of drug-likeness (QED) is 0.518. The summed E-state index contributed by atoms with van der Waals surface area (Å²) < 4.78 is 3.17. The van der Waals surface area contributed by atoms with Gasteiger partial charge in [-0.05, 0) is 38.0 Å². The number of allylic oxidation sites excluding steroid dienone is 1. The molecule has 4 aromatic heterocycles. The fraction of sp³-hybridized carbons (Fsp3) is 0.263. The van der Waals surface area contributed by atoms with Crippen molar-refractivity contribution < 1.29 is 0 Å². The lowest BCUT2D eigenvalue weighted by molar-refractivity contribution is 0.713. The molecule has 0 fully saturated rings. The van der Waals surface area contributed by atoms with Crippen LogP contribution in [0.3, 0.4) is 0 Å². The monoisotopic (exact) mass is 365 g/mol. The Morgan fingerprint density at radius 3 is 2.85 bits per heavy atom. The van der Waals surface area contributed by atoms with Crippen molar-refractivity contribution >= 4 is 27.2 Å². The van der Waals surface area contributed by atoms with Crippen LogP contribution in [0.4, 0.5) is 0 Å². The summed E-state index contributed by atoms with van der Waals surface area (Å²) in [6.07, 6.45) is 4.29. The number of aryl methyl sites for hydroxylation is 2. The van der Waals surface area contributed by atoms with E-state index < -0.39 is 0 Å². The van der Waals surface area contributed by atoms with Gasteiger partial charge in [-0.1, -0.05) is 19.1 Å². The van der Waals surface area contributed by atoms with Gasteiger partial charge in [-0.15, -0.1) is 16.4 Å². The van der Waals surface area contributed by atoms with Crippen molar-refractivity contribution in [2.75, 3.05) is 0 Å². The van der Waals surface area contributed by atoms with E-state index in [2.05, 4.69) is 30.5 Å². The highest BCUT2D eigenvalue weighted by Gasteiger charge is 2.21. The van der Waals surface area contributed by atoms with E-state index in [1.807, 2.05) is 19.1 Å². The topological polar surface area (TPSA) is 65.1 Å². The summed E-state index contributed by atoms with van der Waals surface area (Å²) in [5.74, 6) is 0.510. The van der Waals surface area contributed by atoms with Gasteiger partial charge in [0.05, 0.1) is 5.39 Å². The minimum absolute atomic E-state index is 0.193. The average molecular weight is 365 g/mol. The summed E-state index contributed by atoms with van der Waals surface area (Å²) in [4.78, 5) is 24.1. The van der Waals surface area contributed by atoms with Crippen molar-refractivity contribution in [3.8, 4) is 11.4 Å². The molecule has 0 bridgehead atoms. The summed E-state index contributed by atoms with van der Waals surface area (Å²) in [5.41, 5.74) is 3.35. The summed E-state index contributed by atoms with van der Waals surface area (Å²) in [6, 6.07) is 3.73. The maximum absolute atomic E-state index is 13.1. The minimum Gasteiger partial charge on any atom is -0.279 e. The Kier molecular flexibility index (Phi) is 3.96. The molecule has 0 aliphatic carbocycles. The summed E-state index contributed by atoms with van der Waals surface area (Å²) in [7, 11) is 0. The van der Waals surface area contributed by atoms with Gasteiger partial charge in [-0.3, -0.25) is 9.55 Å². The third-order valence-corrected chi connectivity index (χ3v) is 5.55. The molecule has 0 amide bonds. The third-order valence-electron chi connectivity index (χ3n) is 4.38. The van der Waals surface area contributed by atoms with Crippen molar-refractivity contribution in [1.82, 2.24) is 24.1 Å². The van der Waals surface area contributed by atoms with Gasteiger partial charge in [-0.2, -0.15) is 4.52 Å². The van der Waals surface area contributed by atoms with Gasteiger partial charge in [0, 0.05) is 29.4 Å². The van der Waals surface area contributed by atoms with Crippen molar-refractivity contribution in [1.29, 1.82) is 0 Å². The summed E-state index contributed by atoms with van der Waals surface area (Å²) in [5, 5.41) is 5.50. The standard InChI is InChI=1S/C19H19N5OS/c1-5-14-12(4)26-18-15(14)17-21-16(13-7-6-8-20-9-13)22-24(17)19(25)23(18)10-11(2)3/h6-9H,2,5,10H2,1,3-4H3. The molecule has 7 heteroatoms. The van der Waals surface area contributed by atoms with Crippen LogP contribution in [-0.4, -0.2) is 24.1 Å². The van der Waals surface area contributed by atoms with E-state index in [1.165, 1.54) is 15.0 Å². The third kappa shape index (κ3) is 2.47. The molecule has 0 N–H and O–H groups in total. The number of nitrogens with zero attached hydrogens (tertiary/aromatic N) is 5. The predicted octanol–water partition coefficient (Wildman–Crippen LogP) is 3.61. The molecule has 6 nitrogen and oxygen atoms in total. The molecule has 4 rings (SSSR count). The van der Waals surface area contributed by atoms with Gasteiger partial charge in [0.25, 0.3) is 0 Å². The normalized spacial score (nSPS) is 11.5. The van der Waals surface area contributed by atoms with Crippen LogP contribution in [0, 0.1) is 6.92 Å². The molecule has 0 unspecified atom stereocenters. The number of aromatic nitrogens is 5. The van der Waals surface area contributed by atoms with Crippen LogP contribution >= 0.6 is 11.3 Å². The maximum atomic E-state index is 13.1. The number of rotatable bonds is 4. The van der Waals surface area contributed by atoms with E-state index in [9.17, 15) is 4.79 Å². The van der Waals surface area contributed by atoms with E-state index in [0.717, 1.165) is 27.8 Å². The van der Waals surface area contributed by atoms with Gasteiger partial charge in [0.1, 0.15) is 4.83 Å². The Balaban J connectivity index is 2.14. The Labute approximate surface area is 154 Å². The van der Waals surface area contributed by atoms with Gasteiger partial charge in [0.15, 0.2) is 11.5 Å². The van der Waals surface area contributed by atoms with Crippen LogP contribution in [0.2, 0.25) is 0 Å².